The fourth-order valence-corrected chi connectivity index (χ4v) is 2.83. The summed E-state index contributed by atoms with van der Waals surface area (Å²) in [4.78, 5) is 22.0. The maximum Gasteiger partial charge on any atom is 0.407 e. The number of amides is 2. The molecule has 0 radical (unpaired) electrons. The number of nitrogens with one attached hydrogen (secondary N) is 1. The smallest absolute Gasteiger partial charge is 0.407 e. The van der Waals surface area contributed by atoms with Crippen molar-refractivity contribution in [3.63, 3.8) is 0 Å². The summed E-state index contributed by atoms with van der Waals surface area (Å²) in [6.45, 7) is 4.07. The van der Waals surface area contributed by atoms with E-state index in [0.29, 0.717) is 12.2 Å². The lowest BCUT2D eigenvalue weighted by molar-refractivity contribution is -0.115. The van der Waals surface area contributed by atoms with Crippen LogP contribution in [0.4, 0.5) is 4.79 Å². The summed E-state index contributed by atoms with van der Waals surface area (Å²) in [6.07, 6.45) is 3.77. The van der Waals surface area contributed by atoms with E-state index >= 15 is 0 Å². The highest BCUT2D eigenvalue weighted by Gasteiger charge is 2.33. The lowest BCUT2D eigenvalue weighted by atomic mass is 10.2. The third kappa shape index (κ3) is 7.41. The largest absolute Gasteiger partial charge is 0.474 e. The average Bonchev–Trinajstić information content (AvgIpc) is 2.57. The maximum atomic E-state index is 11.6. The molecular weight excluding hydrogens is 328 g/mol. The van der Waals surface area contributed by atoms with Crippen molar-refractivity contribution in [2.75, 3.05) is 18.9 Å². The summed E-state index contributed by atoms with van der Waals surface area (Å²) in [5, 5.41) is 2.68. The number of alkyl carbamates (subject to hydrolysis) is 1. The van der Waals surface area contributed by atoms with Crippen LogP contribution in [0.25, 0.3) is 0 Å². The fraction of sp³-hybridized carbons (Fsp3) is 0.412. The molecule has 0 aliphatic heterocycles. The van der Waals surface area contributed by atoms with Gasteiger partial charge in [0.25, 0.3) is 0 Å². The molecule has 0 fully saturated rings. The van der Waals surface area contributed by atoms with Gasteiger partial charge in [-0.15, -0.1) is 11.8 Å². The molecule has 1 aromatic carbocycles. The van der Waals surface area contributed by atoms with E-state index in [2.05, 4.69) is 5.32 Å². The van der Waals surface area contributed by atoms with Crippen molar-refractivity contribution >= 4 is 23.8 Å². The molecule has 7 heteroatoms. The molecule has 1 rings (SSSR count). The Morgan fingerprint density at radius 3 is 2.62 bits per heavy atom. The van der Waals surface area contributed by atoms with Gasteiger partial charge >= 0.3 is 6.09 Å². The van der Waals surface area contributed by atoms with Crippen LogP contribution in [-0.2, 0) is 9.53 Å². The minimum absolute atomic E-state index is 0.0783. The number of hydrogen-bond acceptors (Lipinski definition) is 5. The Hall–Kier alpha value is -2.15. The lowest BCUT2D eigenvalue weighted by Gasteiger charge is -2.33. The first-order valence-electron chi connectivity index (χ1n) is 7.69. The zero-order valence-electron chi connectivity index (χ0n) is 14.0. The number of carbonyl (C=O) groups is 2. The number of carbonyl (C=O) groups excluding carboxylic acids is 2. The molecule has 0 bridgehead atoms. The minimum atomic E-state index is -0.865. The van der Waals surface area contributed by atoms with Crippen LogP contribution < -0.4 is 15.8 Å². The Bertz CT molecular complexity index is 551. The molecule has 0 aromatic heterocycles. The minimum Gasteiger partial charge on any atom is -0.474 e. The lowest BCUT2D eigenvalue weighted by Crippen LogP contribution is -2.45. The summed E-state index contributed by atoms with van der Waals surface area (Å²) in [7, 11) is 0. The van der Waals surface area contributed by atoms with Crippen molar-refractivity contribution in [1.82, 2.24) is 5.32 Å². The fourth-order valence-electron chi connectivity index (χ4n) is 1.88. The van der Waals surface area contributed by atoms with Crippen molar-refractivity contribution in [3.05, 3.63) is 42.5 Å². The first-order chi connectivity index (χ1) is 11.5. The van der Waals surface area contributed by atoms with E-state index in [1.165, 1.54) is 11.8 Å². The number of para-hydroxylation sites is 1. The van der Waals surface area contributed by atoms with E-state index in [9.17, 15) is 9.59 Å². The van der Waals surface area contributed by atoms with Gasteiger partial charge in [-0.2, -0.15) is 0 Å². The molecule has 0 spiro atoms. The van der Waals surface area contributed by atoms with Gasteiger partial charge in [-0.1, -0.05) is 30.4 Å². The molecule has 3 N–H and O–H groups in total. The molecular formula is C17H24N2O4S. The van der Waals surface area contributed by atoms with Gasteiger partial charge in [-0.25, -0.2) is 4.79 Å². The topological polar surface area (TPSA) is 90.7 Å². The Labute approximate surface area is 146 Å². The number of rotatable bonds is 10. The SMILES string of the molecule is CC=CCC(CNC(=O)OCC)(Oc1ccccc1)SCC(N)=O. The molecule has 24 heavy (non-hydrogen) atoms. The molecule has 1 unspecified atom stereocenters. The van der Waals surface area contributed by atoms with Gasteiger partial charge in [0.1, 0.15) is 5.75 Å². The van der Waals surface area contributed by atoms with Crippen LogP contribution in [0.1, 0.15) is 20.3 Å². The predicted octanol–water partition coefficient (Wildman–Crippen LogP) is 2.69. The van der Waals surface area contributed by atoms with E-state index in [4.69, 9.17) is 15.2 Å². The van der Waals surface area contributed by atoms with Crippen LogP contribution in [0, 0.1) is 0 Å². The van der Waals surface area contributed by atoms with Crippen molar-refractivity contribution in [3.8, 4) is 5.75 Å². The first-order valence-corrected chi connectivity index (χ1v) is 8.68. The van der Waals surface area contributed by atoms with E-state index in [-0.39, 0.29) is 18.9 Å². The number of hydrogen-bond donors (Lipinski definition) is 2. The van der Waals surface area contributed by atoms with E-state index in [0.717, 1.165) is 0 Å². The molecule has 0 aliphatic carbocycles. The van der Waals surface area contributed by atoms with Gasteiger partial charge < -0.3 is 20.5 Å². The second-order valence-electron chi connectivity index (χ2n) is 4.93. The monoisotopic (exact) mass is 352 g/mol. The van der Waals surface area contributed by atoms with Gasteiger partial charge in [0.2, 0.25) is 5.91 Å². The van der Waals surface area contributed by atoms with Gasteiger partial charge in [-0.05, 0) is 26.0 Å². The van der Waals surface area contributed by atoms with Crippen LogP contribution in [-0.4, -0.2) is 35.8 Å². The van der Waals surface area contributed by atoms with Gasteiger partial charge in [0.05, 0.1) is 18.9 Å². The molecule has 0 aliphatic rings. The van der Waals surface area contributed by atoms with Crippen molar-refractivity contribution in [1.29, 1.82) is 0 Å². The Morgan fingerprint density at radius 1 is 1.33 bits per heavy atom. The van der Waals surface area contributed by atoms with Crippen LogP contribution in [0.2, 0.25) is 0 Å². The van der Waals surface area contributed by atoms with Gasteiger partial charge in [-0.3, -0.25) is 4.79 Å². The van der Waals surface area contributed by atoms with Crippen molar-refractivity contribution in [2.24, 2.45) is 5.73 Å². The molecule has 0 heterocycles. The molecule has 132 valence electrons. The summed E-state index contributed by atoms with van der Waals surface area (Å²) < 4.78 is 11.0. The summed E-state index contributed by atoms with van der Waals surface area (Å²) in [6, 6.07) is 9.23. The number of benzene rings is 1. The predicted molar refractivity (Wildman–Crippen MR) is 95.9 cm³/mol. The highest BCUT2D eigenvalue weighted by molar-refractivity contribution is 8.01. The summed E-state index contributed by atoms with van der Waals surface area (Å²) in [5.41, 5.74) is 5.28. The third-order valence-corrected chi connectivity index (χ3v) is 4.32. The average molecular weight is 352 g/mol. The molecule has 0 saturated heterocycles. The normalized spacial score (nSPS) is 13.2. The second kappa shape index (κ2) is 10.6. The van der Waals surface area contributed by atoms with E-state index in [1.54, 1.807) is 6.92 Å². The van der Waals surface area contributed by atoms with E-state index < -0.39 is 16.9 Å². The molecule has 1 aromatic rings. The van der Waals surface area contributed by atoms with E-state index in [1.807, 2.05) is 49.4 Å². The number of ether oxygens (including phenoxy) is 2. The van der Waals surface area contributed by atoms with Crippen molar-refractivity contribution < 1.29 is 19.1 Å². The van der Waals surface area contributed by atoms with Gasteiger partial charge in [0, 0.05) is 6.42 Å². The Balaban J connectivity index is 2.96. The third-order valence-electron chi connectivity index (χ3n) is 2.97. The van der Waals surface area contributed by atoms with Crippen LogP contribution in [0.3, 0.4) is 0 Å². The Kier molecular flexibility index (Phi) is 8.78. The zero-order chi connectivity index (χ0) is 17.8. The molecule has 1 atom stereocenters. The molecule has 2 amide bonds. The zero-order valence-corrected chi connectivity index (χ0v) is 14.8. The first kappa shape index (κ1) is 19.9. The number of nitrogens with two attached hydrogens (primary N) is 1. The standard InChI is InChI=1S/C17H24N2O4S/c1-3-5-11-17(24-12-15(18)20,13-19-16(21)22-4-2)23-14-9-7-6-8-10-14/h3,5-10H,4,11-13H2,1-2H3,(H2,18,20)(H,19,21). The quantitative estimate of drug-likeness (QED) is 0.499. The van der Waals surface area contributed by atoms with Crippen molar-refractivity contribution in [2.45, 2.75) is 25.2 Å². The maximum absolute atomic E-state index is 11.6. The van der Waals surface area contributed by atoms with Crippen LogP contribution in [0.15, 0.2) is 42.5 Å². The van der Waals surface area contributed by atoms with Crippen LogP contribution in [0.5, 0.6) is 5.75 Å². The highest BCUT2D eigenvalue weighted by atomic mass is 32.2. The number of thioether (sulfide) groups is 1. The summed E-state index contributed by atoms with van der Waals surface area (Å²) >= 11 is 1.25. The second-order valence-corrected chi connectivity index (χ2v) is 6.25. The molecule has 0 saturated carbocycles. The number of allylic oxidation sites excluding steroid dienone is 1. The highest BCUT2D eigenvalue weighted by Crippen LogP contribution is 2.32. The van der Waals surface area contributed by atoms with Gasteiger partial charge in [0.15, 0.2) is 4.93 Å². The summed E-state index contributed by atoms with van der Waals surface area (Å²) in [5.74, 6) is 0.275. The number of primary amides is 1. The molecule has 6 nitrogen and oxygen atoms in total. The Morgan fingerprint density at radius 2 is 2.04 bits per heavy atom. The van der Waals surface area contributed by atoms with Crippen LogP contribution >= 0.6 is 11.8 Å².